The Morgan fingerprint density at radius 3 is 2.27 bits per heavy atom. The molecule has 1 unspecified atom stereocenters. The van der Waals surface area contributed by atoms with Gasteiger partial charge in [0, 0.05) is 6.20 Å². The van der Waals surface area contributed by atoms with Crippen molar-refractivity contribution in [3.8, 4) is 0 Å². The maximum absolute atomic E-state index is 12.1. The molecule has 0 radical (unpaired) electrons. The number of hydrogen-bond acceptors (Lipinski definition) is 2. The lowest BCUT2D eigenvalue weighted by Gasteiger charge is -2.30. The van der Waals surface area contributed by atoms with E-state index in [1.54, 1.807) is 0 Å². The Labute approximate surface area is 58.4 Å². The second-order valence-corrected chi connectivity index (χ2v) is 1.85. The minimum Gasteiger partial charge on any atom is -0.222 e. The van der Waals surface area contributed by atoms with Crippen molar-refractivity contribution in [1.29, 1.82) is 0 Å². The second-order valence-electron chi connectivity index (χ2n) is 1.85. The van der Waals surface area contributed by atoms with E-state index in [2.05, 4.69) is 0 Å². The predicted octanol–water partition coefficient (Wildman–Crippen LogP) is 1.73. The van der Waals surface area contributed by atoms with E-state index in [4.69, 9.17) is 0 Å². The average Bonchev–Trinajstić information content (AvgIpc) is 1.95. The van der Waals surface area contributed by atoms with Gasteiger partial charge < -0.3 is 0 Å². The molecule has 1 atom stereocenters. The summed E-state index contributed by atoms with van der Waals surface area (Å²) in [7, 11) is 0. The minimum absolute atomic E-state index is 0.126. The molecule has 0 saturated heterocycles. The Morgan fingerprint density at radius 1 is 1.27 bits per heavy atom. The highest BCUT2D eigenvalue weighted by Gasteiger charge is 2.51. The molecule has 2 nitrogen and oxygen atoms in total. The molecule has 1 aliphatic heterocycles. The molecule has 11 heavy (non-hydrogen) atoms. The molecule has 0 aromatic rings. The molecule has 64 valence electrons. The van der Waals surface area contributed by atoms with Gasteiger partial charge in [0.2, 0.25) is 6.30 Å². The fourth-order valence-electron chi connectivity index (χ4n) is 0.551. The van der Waals surface area contributed by atoms with E-state index in [9.17, 15) is 22.1 Å². The quantitative estimate of drug-likeness (QED) is 0.313. The van der Waals surface area contributed by atoms with Gasteiger partial charge in [0.15, 0.2) is 0 Å². The van der Waals surface area contributed by atoms with E-state index in [0.29, 0.717) is 6.08 Å². The van der Waals surface area contributed by atoms with Crippen molar-refractivity contribution in [3.05, 3.63) is 12.3 Å². The largest absolute Gasteiger partial charge is 0.445 e. The molecular formula is C4H3F5N2. The number of rotatable bonds is 0. The number of halogens is 5. The van der Waals surface area contributed by atoms with Crippen LogP contribution in [0.25, 0.3) is 0 Å². The van der Waals surface area contributed by atoms with Crippen molar-refractivity contribution >= 4 is 0 Å². The van der Waals surface area contributed by atoms with Crippen molar-refractivity contribution in [3.63, 3.8) is 0 Å². The van der Waals surface area contributed by atoms with Crippen LogP contribution in [0.4, 0.5) is 22.1 Å². The SMILES string of the molecule is FC1C=CN(F)C(F)(F)N1F. The summed E-state index contributed by atoms with van der Waals surface area (Å²) in [5, 5.41) is -2.74. The van der Waals surface area contributed by atoms with E-state index in [-0.39, 0.29) is 6.20 Å². The number of nitrogens with zero attached hydrogens (tertiary/aromatic N) is 2. The molecule has 7 heteroatoms. The summed E-state index contributed by atoms with van der Waals surface area (Å²) in [5.74, 6) is 0. The zero-order valence-corrected chi connectivity index (χ0v) is 5.02. The van der Waals surface area contributed by atoms with E-state index < -0.39 is 22.7 Å². The first-order valence-electron chi connectivity index (χ1n) is 2.56. The summed E-state index contributed by atoms with van der Waals surface area (Å²) >= 11 is 0. The summed E-state index contributed by atoms with van der Waals surface area (Å²) in [5.41, 5.74) is 0. The van der Waals surface area contributed by atoms with Crippen molar-refractivity contribution < 1.29 is 22.1 Å². The molecule has 0 saturated carbocycles. The lowest BCUT2D eigenvalue weighted by Crippen LogP contribution is -2.50. The monoisotopic (exact) mass is 174 g/mol. The van der Waals surface area contributed by atoms with Crippen LogP contribution in [0.5, 0.6) is 0 Å². The first-order chi connectivity index (χ1) is 4.96. The Hall–Kier alpha value is -0.850. The Morgan fingerprint density at radius 2 is 1.82 bits per heavy atom. The van der Waals surface area contributed by atoms with Gasteiger partial charge in [-0.15, -0.1) is 9.60 Å². The average molecular weight is 174 g/mol. The maximum Gasteiger partial charge on any atom is 0.445 e. The van der Waals surface area contributed by atoms with E-state index in [1.165, 1.54) is 0 Å². The Balaban J connectivity index is 2.88. The molecule has 0 aromatic heterocycles. The normalized spacial score (nSPS) is 31.0. The van der Waals surface area contributed by atoms with Crippen molar-refractivity contribution in [1.82, 2.24) is 10.2 Å². The zero-order valence-electron chi connectivity index (χ0n) is 5.02. The van der Waals surface area contributed by atoms with Crippen molar-refractivity contribution in [2.45, 2.75) is 12.5 Å². The molecule has 1 aliphatic rings. The maximum atomic E-state index is 12.1. The molecule has 0 bridgehead atoms. The van der Waals surface area contributed by atoms with Gasteiger partial charge in [0.25, 0.3) is 0 Å². The fourth-order valence-corrected chi connectivity index (χ4v) is 0.551. The van der Waals surface area contributed by atoms with E-state index in [0.717, 1.165) is 0 Å². The summed E-state index contributed by atoms with van der Waals surface area (Å²) in [6.45, 7) is 0. The van der Waals surface area contributed by atoms with E-state index >= 15 is 0 Å². The lowest BCUT2D eigenvalue weighted by atomic mass is 10.5. The van der Waals surface area contributed by atoms with Gasteiger partial charge in [-0.05, 0) is 11.2 Å². The van der Waals surface area contributed by atoms with Crippen molar-refractivity contribution in [2.75, 3.05) is 0 Å². The lowest BCUT2D eigenvalue weighted by molar-refractivity contribution is -0.371. The van der Waals surface area contributed by atoms with Gasteiger partial charge in [-0.3, -0.25) is 0 Å². The van der Waals surface area contributed by atoms with Crippen LogP contribution in [-0.2, 0) is 0 Å². The molecule has 0 N–H and O–H groups in total. The van der Waals surface area contributed by atoms with Gasteiger partial charge >= 0.3 is 6.17 Å². The topological polar surface area (TPSA) is 6.48 Å². The molecular weight excluding hydrogens is 171 g/mol. The first-order valence-corrected chi connectivity index (χ1v) is 2.56. The Kier molecular flexibility index (Phi) is 1.75. The highest BCUT2D eigenvalue weighted by atomic mass is 19.3. The van der Waals surface area contributed by atoms with Gasteiger partial charge in [0.05, 0.1) is 0 Å². The van der Waals surface area contributed by atoms with Crippen LogP contribution in [-0.4, -0.2) is 22.7 Å². The van der Waals surface area contributed by atoms with Gasteiger partial charge in [-0.1, -0.05) is 4.48 Å². The molecule has 0 aromatic carbocycles. The van der Waals surface area contributed by atoms with Crippen molar-refractivity contribution in [2.24, 2.45) is 0 Å². The van der Waals surface area contributed by atoms with Crippen LogP contribution in [0.2, 0.25) is 0 Å². The van der Waals surface area contributed by atoms with Gasteiger partial charge in [0.1, 0.15) is 0 Å². The van der Waals surface area contributed by atoms with Crippen LogP contribution < -0.4 is 0 Å². The molecule has 0 spiro atoms. The molecule has 0 amide bonds. The van der Waals surface area contributed by atoms with Crippen LogP contribution in [0.1, 0.15) is 0 Å². The fraction of sp³-hybridized carbons (Fsp3) is 0.500. The third-order valence-corrected chi connectivity index (χ3v) is 1.11. The Bertz CT molecular complexity index is 181. The van der Waals surface area contributed by atoms with Crippen LogP contribution >= 0.6 is 0 Å². The summed E-state index contributed by atoms with van der Waals surface area (Å²) in [6.07, 6.45) is -6.73. The highest BCUT2D eigenvalue weighted by molar-refractivity contribution is 4.92. The summed E-state index contributed by atoms with van der Waals surface area (Å²) < 4.78 is 60.1. The predicted molar refractivity (Wildman–Crippen MR) is 24.9 cm³/mol. The first kappa shape index (κ1) is 8.25. The number of hydrogen-bond donors (Lipinski definition) is 0. The second kappa shape index (κ2) is 2.33. The molecule has 0 fully saturated rings. The summed E-state index contributed by atoms with van der Waals surface area (Å²) in [6, 6.07) is 0. The third-order valence-electron chi connectivity index (χ3n) is 1.11. The third kappa shape index (κ3) is 1.15. The molecule has 1 rings (SSSR count). The van der Waals surface area contributed by atoms with E-state index in [1.807, 2.05) is 0 Å². The van der Waals surface area contributed by atoms with Crippen LogP contribution in [0.3, 0.4) is 0 Å². The number of alkyl halides is 3. The van der Waals surface area contributed by atoms with Crippen LogP contribution in [0, 0.1) is 0 Å². The van der Waals surface area contributed by atoms with Gasteiger partial charge in [-0.2, -0.15) is 8.78 Å². The summed E-state index contributed by atoms with van der Waals surface area (Å²) in [4.78, 5) is 0. The standard InChI is InChI=1S/C4H3F5N2/c5-3-1-2-10(8)4(6,7)11(3)9/h1-3H. The van der Waals surface area contributed by atoms with Crippen LogP contribution in [0.15, 0.2) is 12.3 Å². The highest BCUT2D eigenvalue weighted by Crippen LogP contribution is 2.32. The smallest absolute Gasteiger partial charge is 0.222 e. The molecule has 1 heterocycles. The molecule has 0 aliphatic carbocycles. The minimum atomic E-state index is -4.56. The zero-order chi connectivity index (χ0) is 8.65. The van der Waals surface area contributed by atoms with Gasteiger partial charge in [-0.25, -0.2) is 4.39 Å².